The van der Waals surface area contributed by atoms with Crippen LogP contribution in [0.4, 0.5) is 10.6 Å². The highest BCUT2D eigenvalue weighted by Gasteiger charge is 2.33. The van der Waals surface area contributed by atoms with Gasteiger partial charge in [-0.15, -0.1) is 0 Å². The molecular weight excluding hydrogens is 386 g/mol. The second-order valence-electron chi connectivity index (χ2n) is 8.96. The predicted octanol–water partition coefficient (Wildman–Crippen LogP) is 2.62. The van der Waals surface area contributed by atoms with Gasteiger partial charge in [0.25, 0.3) is 0 Å². The molecule has 0 aromatic carbocycles. The summed E-state index contributed by atoms with van der Waals surface area (Å²) in [7, 11) is 0. The first-order chi connectivity index (χ1) is 14.2. The molecule has 1 aromatic rings. The molecule has 1 aromatic heterocycles. The molecule has 0 radical (unpaired) electrons. The summed E-state index contributed by atoms with van der Waals surface area (Å²) in [6.45, 7) is 8.61. The fourth-order valence-corrected chi connectivity index (χ4v) is 4.13. The molecule has 3 rings (SSSR count). The number of nitrogens with one attached hydrogen (secondary N) is 3. The second kappa shape index (κ2) is 9.49. The Morgan fingerprint density at radius 2 is 1.97 bits per heavy atom. The molecule has 3 amide bonds. The van der Waals surface area contributed by atoms with E-state index in [1.807, 2.05) is 33.8 Å². The van der Waals surface area contributed by atoms with E-state index in [2.05, 4.69) is 20.8 Å². The molecule has 9 nitrogen and oxygen atoms in total. The maximum Gasteiger partial charge on any atom is 0.407 e. The Labute approximate surface area is 177 Å². The largest absolute Gasteiger partial charge is 0.446 e. The van der Waals surface area contributed by atoms with Crippen molar-refractivity contribution in [2.75, 3.05) is 18.4 Å². The molecule has 2 fully saturated rings. The molecule has 2 heterocycles. The van der Waals surface area contributed by atoms with Crippen LogP contribution in [-0.2, 0) is 14.3 Å². The molecule has 166 valence electrons. The van der Waals surface area contributed by atoms with Crippen LogP contribution in [0.2, 0.25) is 0 Å². The standard InChI is InChI=1S/C21H33N5O4/c1-12(2)20(28)26-8-7-15(11-26)19(27)23-18-10-17(24-25-18)14-5-6-16(9-14)30-21(29)22-13(3)4/h10,12-16H,5-9,11H2,1-4H3,(H,22,29)(H2,23,24,25,27)/t14-,15-,16+/m0/s1. The van der Waals surface area contributed by atoms with Gasteiger partial charge in [-0.3, -0.25) is 14.7 Å². The van der Waals surface area contributed by atoms with Crippen molar-refractivity contribution in [1.82, 2.24) is 20.4 Å². The summed E-state index contributed by atoms with van der Waals surface area (Å²) in [5, 5.41) is 12.8. The number of hydrogen-bond acceptors (Lipinski definition) is 5. The zero-order valence-electron chi connectivity index (χ0n) is 18.2. The lowest BCUT2D eigenvalue weighted by Gasteiger charge is -2.18. The number of anilines is 1. The topological polar surface area (TPSA) is 116 Å². The van der Waals surface area contributed by atoms with Crippen molar-refractivity contribution in [1.29, 1.82) is 0 Å². The number of carbonyl (C=O) groups is 3. The number of alkyl carbamates (subject to hydrolysis) is 1. The van der Waals surface area contributed by atoms with Gasteiger partial charge in [0.05, 0.1) is 5.92 Å². The first kappa shape index (κ1) is 22.1. The predicted molar refractivity (Wildman–Crippen MR) is 112 cm³/mol. The molecule has 9 heteroatoms. The monoisotopic (exact) mass is 419 g/mol. The first-order valence-corrected chi connectivity index (χ1v) is 10.8. The first-order valence-electron chi connectivity index (χ1n) is 10.8. The van der Waals surface area contributed by atoms with Crippen LogP contribution < -0.4 is 10.6 Å². The highest BCUT2D eigenvalue weighted by Crippen LogP contribution is 2.36. The minimum Gasteiger partial charge on any atom is -0.446 e. The van der Waals surface area contributed by atoms with Crippen LogP contribution in [0, 0.1) is 11.8 Å². The Kier molecular flexibility index (Phi) is 6.99. The van der Waals surface area contributed by atoms with E-state index < -0.39 is 0 Å². The van der Waals surface area contributed by atoms with Crippen molar-refractivity contribution in [3.8, 4) is 0 Å². The van der Waals surface area contributed by atoms with Crippen LogP contribution in [0.15, 0.2) is 6.07 Å². The number of rotatable bonds is 6. The van der Waals surface area contributed by atoms with E-state index in [0.29, 0.717) is 25.3 Å². The normalized spacial score (nSPS) is 23.8. The van der Waals surface area contributed by atoms with Crippen molar-refractivity contribution in [3.05, 3.63) is 11.8 Å². The maximum absolute atomic E-state index is 12.6. The number of aromatic amines is 1. The molecule has 1 aliphatic heterocycles. The summed E-state index contributed by atoms with van der Waals surface area (Å²) in [6.07, 6.45) is 2.60. The highest BCUT2D eigenvalue weighted by atomic mass is 16.6. The van der Waals surface area contributed by atoms with Crippen LogP contribution in [0.25, 0.3) is 0 Å². The van der Waals surface area contributed by atoms with Gasteiger partial charge >= 0.3 is 6.09 Å². The van der Waals surface area contributed by atoms with E-state index in [-0.39, 0.29) is 47.8 Å². The van der Waals surface area contributed by atoms with Gasteiger partial charge in [-0.1, -0.05) is 13.8 Å². The fourth-order valence-electron chi connectivity index (χ4n) is 4.13. The lowest BCUT2D eigenvalue weighted by molar-refractivity contribution is -0.133. The van der Waals surface area contributed by atoms with Crippen LogP contribution in [0.5, 0.6) is 0 Å². The van der Waals surface area contributed by atoms with Crippen LogP contribution >= 0.6 is 0 Å². The Morgan fingerprint density at radius 3 is 2.67 bits per heavy atom. The molecule has 0 unspecified atom stereocenters. The third kappa shape index (κ3) is 5.52. The second-order valence-corrected chi connectivity index (χ2v) is 8.96. The number of carbonyl (C=O) groups excluding carboxylic acids is 3. The number of aromatic nitrogens is 2. The average Bonchev–Trinajstić information content (AvgIpc) is 3.40. The molecular formula is C21H33N5O4. The molecule has 2 aliphatic rings. The Balaban J connectivity index is 1.48. The summed E-state index contributed by atoms with van der Waals surface area (Å²) >= 11 is 0. The van der Waals surface area contributed by atoms with E-state index >= 15 is 0 Å². The van der Waals surface area contributed by atoms with E-state index in [9.17, 15) is 14.4 Å². The number of hydrogen-bond donors (Lipinski definition) is 3. The number of ether oxygens (including phenoxy) is 1. The van der Waals surface area contributed by atoms with Crippen LogP contribution in [0.1, 0.15) is 65.0 Å². The van der Waals surface area contributed by atoms with Crippen LogP contribution in [-0.4, -0.2) is 58.2 Å². The van der Waals surface area contributed by atoms with E-state index in [1.54, 1.807) is 4.90 Å². The third-order valence-corrected chi connectivity index (χ3v) is 5.72. The molecule has 0 spiro atoms. The number of likely N-dealkylation sites (tertiary alicyclic amines) is 1. The van der Waals surface area contributed by atoms with Gasteiger partial charge in [-0.25, -0.2) is 4.79 Å². The minimum absolute atomic E-state index is 0.0453. The van der Waals surface area contributed by atoms with Crippen molar-refractivity contribution < 1.29 is 19.1 Å². The molecule has 1 saturated heterocycles. The lowest BCUT2D eigenvalue weighted by atomic mass is 10.0. The molecule has 3 atom stereocenters. The number of amides is 3. The van der Waals surface area contributed by atoms with Gasteiger partial charge in [-0.2, -0.15) is 5.10 Å². The van der Waals surface area contributed by atoms with Gasteiger partial charge in [-0.05, 0) is 39.5 Å². The van der Waals surface area contributed by atoms with Crippen LogP contribution in [0.3, 0.4) is 0 Å². The van der Waals surface area contributed by atoms with Gasteiger partial charge in [0.1, 0.15) is 6.10 Å². The number of nitrogens with zero attached hydrogens (tertiary/aromatic N) is 2. The molecule has 0 bridgehead atoms. The SMILES string of the molecule is CC(C)NC(=O)O[C@@H]1CC[C@H](c2cc(NC(=O)[C@H]3CCN(C(=O)C(C)C)C3)n[nH]2)C1. The Morgan fingerprint density at radius 1 is 1.20 bits per heavy atom. The van der Waals surface area contributed by atoms with Crippen molar-refractivity contribution >= 4 is 23.7 Å². The lowest BCUT2D eigenvalue weighted by Crippen LogP contribution is -2.34. The molecule has 30 heavy (non-hydrogen) atoms. The summed E-state index contributed by atoms with van der Waals surface area (Å²) in [5.41, 5.74) is 0.934. The van der Waals surface area contributed by atoms with Crippen molar-refractivity contribution in [2.24, 2.45) is 11.8 Å². The molecule has 3 N–H and O–H groups in total. The zero-order chi connectivity index (χ0) is 21.8. The number of H-pyrrole nitrogens is 1. The third-order valence-electron chi connectivity index (χ3n) is 5.72. The smallest absolute Gasteiger partial charge is 0.407 e. The molecule has 1 saturated carbocycles. The Hall–Kier alpha value is -2.58. The van der Waals surface area contributed by atoms with E-state index in [0.717, 1.165) is 25.0 Å². The van der Waals surface area contributed by atoms with E-state index in [1.165, 1.54) is 0 Å². The highest BCUT2D eigenvalue weighted by molar-refractivity contribution is 5.92. The van der Waals surface area contributed by atoms with Crippen molar-refractivity contribution in [2.45, 2.75) is 71.4 Å². The zero-order valence-corrected chi connectivity index (χ0v) is 18.2. The summed E-state index contributed by atoms with van der Waals surface area (Å²) in [4.78, 5) is 38.2. The summed E-state index contributed by atoms with van der Waals surface area (Å²) in [6, 6.07) is 1.90. The Bertz CT molecular complexity index is 775. The maximum atomic E-state index is 12.6. The quantitative estimate of drug-likeness (QED) is 0.655. The van der Waals surface area contributed by atoms with Crippen molar-refractivity contribution in [3.63, 3.8) is 0 Å². The van der Waals surface area contributed by atoms with Gasteiger partial charge in [0.15, 0.2) is 5.82 Å². The van der Waals surface area contributed by atoms with Gasteiger partial charge in [0, 0.05) is 42.7 Å². The van der Waals surface area contributed by atoms with Gasteiger partial charge < -0.3 is 20.3 Å². The summed E-state index contributed by atoms with van der Waals surface area (Å²) in [5.74, 6) is 0.418. The fraction of sp³-hybridized carbons (Fsp3) is 0.714. The molecule has 1 aliphatic carbocycles. The minimum atomic E-state index is -0.380. The van der Waals surface area contributed by atoms with E-state index in [4.69, 9.17) is 4.74 Å². The average molecular weight is 420 g/mol. The summed E-state index contributed by atoms with van der Waals surface area (Å²) < 4.78 is 5.47. The van der Waals surface area contributed by atoms with Gasteiger partial charge in [0.2, 0.25) is 11.8 Å².